The molecule has 0 amide bonds. The van der Waals surface area contributed by atoms with E-state index < -0.39 is 31.9 Å². The molecule has 0 saturated heterocycles. The topological polar surface area (TPSA) is 67.3 Å². The second-order valence-electron chi connectivity index (χ2n) is 4.34. The molecule has 0 aliphatic rings. The second-order valence-corrected chi connectivity index (χ2v) is 8.00. The Hall–Kier alpha value is -0.670. The Labute approximate surface area is 106 Å². The van der Waals surface area contributed by atoms with Gasteiger partial charge in [-0.15, -0.1) is 11.3 Å². The number of thiazole rings is 1. The minimum atomic E-state index is -4.60. The second kappa shape index (κ2) is 4.46. The molecule has 1 N–H and O–H groups in total. The molecule has 0 aliphatic heterocycles. The fourth-order valence-electron chi connectivity index (χ4n) is 1.09. The van der Waals surface area contributed by atoms with Crippen molar-refractivity contribution in [3.05, 3.63) is 16.1 Å². The van der Waals surface area contributed by atoms with Gasteiger partial charge in [-0.05, 0) is 13.8 Å². The summed E-state index contributed by atoms with van der Waals surface area (Å²) in [7, 11) is -3.63. The molecule has 104 valence electrons. The summed E-state index contributed by atoms with van der Waals surface area (Å²) < 4.78 is 58.4. The van der Waals surface area contributed by atoms with Crippen molar-refractivity contribution in [1.29, 1.82) is 0 Å². The van der Waals surface area contributed by atoms with Gasteiger partial charge in [0.1, 0.15) is 6.10 Å². The third-order valence-electron chi connectivity index (χ3n) is 2.65. The van der Waals surface area contributed by atoms with Crippen molar-refractivity contribution in [3.63, 3.8) is 0 Å². The van der Waals surface area contributed by atoms with Crippen LogP contribution in [0.2, 0.25) is 0 Å². The summed E-state index contributed by atoms with van der Waals surface area (Å²) in [5.41, 5.74) is 0. The van der Waals surface area contributed by atoms with Gasteiger partial charge in [-0.3, -0.25) is 0 Å². The minimum Gasteiger partial charge on any atom is -0.386 e. The number of aliphatic hydroxyl groups is 1. The summed E-state index contributed by atoms with van der Waals surface area (Å²) in [5.74, 6) is 0. The number of aliphatic hydroxyl groups excluding tert-OH is 1. The fourth-order valence-corrected chi connectivity index (χ4v) is 2.65. The van der Waals surface area contributed by atoms with Crippen LogP contribution >= 0.6 is 11.3 Å². The Bertz CT molecular complexity index is 533. The molecule has 1 unspecified atom stereocenters. The zero-order chi connectivity index (χ0) is 14.4. The van der Waals surface area contributed by atoms with E-state index in [4.69, 9.17) is 0 Å². The highest BCUT2D eigenvalue weighted by Crippen LogP contribution is 2.39. The number of nitrogens with zero attached hydrogens (tertiary/aromatic N) is 1. The first kappa shape index (κ1) is 15.4. The molecule has 1 atom stereocenters. The van der Waals surface area contributed by atoms with Gasteiger partial charge in [0.15, 0.2) is 14.8 Å². The van der Waals surface area contributed by atoms with E-state index in [0.717, 1.165) is 12.5 Å². The third-order valence-corrected chi connectivity index (χ3v) is 5.88. The van der Waals surface area contributed by atoms with Crippen LogP contribution in [0.25, 0.3) is 0 Å². The summed E-state index contributed by atoms with van der Waals surface area (Å²) >= 11 is 0.240. The van der Waals surface area contributed by atoms with E-state index >= 15 is 0 Å². The molecular weight excluding hydrogens is 291 g/mol. The molecule has 0 fully saturated rings. The van der Waals surface area contributed by atoms with E-state index in [1.165, 1.54) is 13.8 Å². The fraction of sp³-hybridized carbons (Fsp3) is 0.667. The SMILES string of the molecule is CC(C)(C(O)c1cnc(C(F)(F)F)s1)S(C)(=O)=O. The third kappa shape index (κ3) is 2.83. The lowest BCUT2D eigenvalue weighted by Gasteiger charge is -2.27. The van der Waals surface area contributed by atoms with Crippen molar-refractivity contribution in [2.45, 2.75) is 30.9 Å². The molecule has 1 rings (SSSR count). The van der Waals surface area contributed by atoms with Crippen molar-refractivity contribution in [1.82, 2.24) is 4.98 Å². The molecule has 0 aliphatic carbocycles. The van der Waals surface area contributed by atoms with Crippen molar-refractivity contribution >= 4 is 21.2 Å². The summed E-state index contributed by atoms with van der Waals surface area (Å²) in [6, 6.07) is 0. The molecule has 1 heterocycles. The van der Waals surface area contributed by atoms with Crippen molar-refractivity contribution in [3.8, 4) is 0 Å². The molecule has 1 aromatic heterocycles. The van der Waals surface area contributed by atoms with Gasteiger partial charge in [-0.1, -0.05) is 0 Å². The predicted octanol–water partition coefficient (Wildman–Crippen LogP) is 2.02. The number of aromatic nitrogens is 1. The molecule has 18 heavy (non-hydrogen) atoms. The Morgan fingerprint density at radius 1 is 1.39 bits per heavy atom. The monoisotopic (exact) mass is 303 g/mol. The lowest BCUT2D eigenvalue weighted by atomic mass is 10.1. The standard InChI is InChI=1S/C9H12F3NO3S2/c1-8(2,18(3,15)16)6(14)5-4-13-7(17-5)9(10,11)12/h4,6,14H,1-3H3. The molecule has 9 heteroatoms. The number of sulfone groups is 1. The highest BCUT2D eigenvalue weighted by Gasteiger charge is 2.42. The van der Waals surface area contributed by atoms with Crippen LogP contribution in [-0.4, -0.2) is 29.5 Å². The average molecular weight is 303 g/mol. The van der Waals surface area contributed by atoms with Gasteiger partial charge in [-0.25, -0.2) is 13.4 Å². The van der Waals surface area contributed by atoms with Crippen LogP contribution in [-0.2, 0) is 16.0 Å². The van der Waals surface area contributed by atoms with Crippen molar-refractivity contribution in [2.24, 2.45) is 0 Å². The van der Waals surface area contributed by atoms with Gasteiger partial charge in [-0.2, -0.15) is 13.2 Å². The molecule has 0 saturated carbocycles. The maximum atomic E-state index is 12.3. The van der Waals surface area contributed by atoms with Crippen molar-refractivity contribution < 1.29 is 26.7 Å². The summed E-state index contributed by atoms with van der Waals surface area (Å²) in [6.45, 7) is 2.50. The van der Waals surface area contributed by atoms with Gasteiger partial charge < -0.3 is 5.11 Å². The Morgan fingerprint density at radius 3 is 2.22 bits per heavy atom. The molecule has 4 nitrogen and oxygen atoms in total. The Morgan fingerprint density at radius 2 is 1.89 bits per heavy atom. The zero-order valence-corrected chi connectivity index (χ0v) is 11.4. The average Bonchev–Trinajstić information content (AvgIpc) is 2.62. The largest absolute Gasteiger partial charge is 0.443 e. The molecule has 0 aromatic carbocycles. The lowest BCUT2D eigenvalue weighted by molar-refractivity contribution is -0.137. The van der Waals surface area contributed by atoms with Crippen LogP contribution in [0, 0.1) is 0 Å². The Balaban J connectivity index is 3.14. The van der Waals surface area contributed by atoms with Gasteiger partial charge in [0, 0.05) is 12.5 Å². The van der Waals surface area contributed by atoms with E-state index in [9.17, 15) is 26.7 Å². The normalized spacial score (nSPS) is 15.7. The predicted molar refractivity (Wildman–Crippen MR) is 61.0 cm³/mol. The van der Waals surface area contributed by atoms with Gasteiger partial charge in [0.05, 0.1) is 9.62 Å². The van der Waals surface area contributed by atoms with Crippen molar-refractivity contribution in [2.75, 3.05) is 6.26 Å². The minimum absolute atomic E-state index is 0.127. The number of halogens is 3. The van der Waals surface area contributed by atoms with Crippen LogP contribution < -0.4 is 0 Å². The van der Waals surface area contributed by atoms with Gasteiger partial charge in [0.2, 0.25) is 0 Å². The Kier molecular flexibility index (Phi) is 3.81. The summed E-state index contributed by atoms with van der Waals surface area (Å²) in [4.78, 5) is 3.02. The lowest BCUT2D eigenvalue weighted by Crippen LogP contribution is -2.37. The zero-order valence-electron chi connectivity index (χ0n) is 9.82. The van der Waals surface area contributed by atoms with E-state index in [2.05, 4.69) is 4.98 Å². The highest BCUT2D eigenvalue weighted by molar-refractivity contribution is 7.92. The number of rotatable bonds is 3. The molecule has 0 bridgehead atoms. The first-order valence-electron chi connectivity index (χ1n) is 4.78. The van der Waals surface area contributed by atoms with Gasteiger partial charge in [0.25, 0.3) is 0 Å². The smallest absolute Gasteiger partial charge is 0.386 e. The van der Waals surface area contributed by atoms with Crippen LogP contribution in [0.5, 0.6) is 0 Å². The molecule has 0 spiro atoms. The number of hydrogen-bond donors (Lipinski definition) is 1. The maximum absolute atomic E-state index is 12.3. The quantitative estimate of drug-likeness (QED) is 0.927. The van der Waals surface area contributed by atoms with Crippen LogP contribution in [0.4, 0.5) is 13.2 Å². The van der Waals surface area contributed by atoms with E-state index in [-0.39, 0.29) is 16.2 Å². The van der Waals surface area contributed by atoms with Crippen LogP contribution in [0.1, 0.15) is 29.8 Å². The summed E-state index contributed by atoms with van der Waals surface area (Å²) in [5, 5.41) is 8.78. The highest BCUT2D eigenvalue weighted by atomic mass is 32.2. The van der Waals surface area contributed by atoms with Gasteiger partial charge >= 0.3 is 6.18 Å². The molecule has 1 aromatic rings. The van der Waals surface area contributed by atoms with E-state index in [1.54, 1.807) is 0 Å². The van der Waals surface area contributed by atoms with Crippen LogP contribution in [0.15, 0.2) is 6.20 Å². The molecular formula is C9H12F3NO3S2. The number of hydrogen-bond acceptors (Lipinski definition) is 5. The first-order chi connectivity index (χ1) is 7.87. The van der Waals surface area contributed by atoms with E-state index in [0.29, 0.717) is 0 Å². The first-order valence-corrected chi connectivity index (χ1v) is 7.48. The maximum Gasteiger partial charge on any atom is 0.443 e. The summed E-state index contributed by atoms with van der Waals surface area (Å²) in [6.07, 6.45) is -4.38. The molecule has 0 radical (unpaired) electrons. The van der Waals surface area contributed by atoms with E-state index in [1.807, 2.05) is 0 Å². The number of alkyl halides is 3. The van der Waals surface area contributed by atoms with Crippen LogP contribution in [0.3, 0.4) is 0 Å².